The van der Waals surface area contributed by atoms with Gasteiger partial charge in [-0.1, -0.05) is 40.5 Å². The summed E-state index contributed by atoms with van der Waals surface area (Å²) < 4.78 is 0. The lowest BCUT2D eigenvalue weighted by Gasteiger charge is -1.67. The van der Waals surface area contributed by atoms with E-state index in [0.29, 0.717) is 0 Å². The van der Waals surface area contributed by atoms with Crippen LogP contribution in [-0.2, 0) is 0 Å². The number of hydrogen-bond donors (Lipinski definition) is 2. The number of unbranched alkanes of at least 4 members (excludes halogenated alkanes) is 1. The molecule has 2 heteroatoms. The van der Waals surface area contributed by atoms with Crippen molar-refractivity contribution in [3.05, 3.63) is 6.92 Å². The molecule has 0 unspecified atom stereocenters. The Labute approximate surface area is 66.0 Å². The second-order valence-electron chi connectivity index (χ2n) is 1.67. The van der Waals surface area contributed by atoms with Gasteiger partial charge >= 0.3 is 0 Å². The zero-order valence-corrected chi connectivity index (χ0v) is 7.69. The maximum Gasteiger partial charge on any atom is -0.0106 e. The smallest absolute Gasteiger partial charge is 0.0106 e. The standard InChI is InChI=1S/C4H9.2C2H7N/c1-3-4-2;2*1-2-3/h1,3-4H2,2H3;2*2-3H2,1H3. The zero-order chi connectivity index (χ0) is 8.83. The molecule has 0 rings (SSSR count). The molecule has 0 spiro atoms. The van der Waals surface area contributed by atoms with Crippen molar-refractivity contribution in [3.63, 3.8) is 0 Å². The Bertz CT molecular complexity index is 19.2. The van der Waals surface area contributed by atoms with Gasteiger partial charge in [-0.05, 0) is 13.1 Å². The van der Waals surface area contributed by atoms with Crippen LogP contribution in [0.2, 0.25) is 0 Å². The van der Waals surface area contributed by atoms with Gasteiger partial charge in [0.05, 0.1) is 0 Å². The molecule has 65 valence electrons. The summed E-state index contributed by atoms with van der Waals surface area (Å²) in [6.07, 6.45) is 2.28. The molecule has 0 atom stereocenters. The van der Waals surface area contributed by atoms with Gasteiger partial charge in [0.25, 0.3) is 0 Å². The first-order chi connectivity index (χ1) is 4.74. The second-order valence-corrected chi connectivity index (χ2v) is 1.67. The minimum Gasteiger partial charge on any atom is -0.331 e. The summed E-state index contributed by atoms with van der Waals surface area (Å²) in [5, 5.41) is 0. The summed E-state index contributed by atoms with van der Waals surface area (Å²) in [7, 11) is 0. The van der Waals surface area contributed by atoms with E-state index in [1.807, 2.05) is 13.8 Å². The minimum atomic E-state index is 0.750. The fraction of sp³-hybridized carbons (Fsp3) is 0.875. The highest BCUT2D eigenvalue weighted by molar-refractivity contribution is 4.29. The van der Waals surface area contributed by atoms with Crippen molar-refractivity contribution in [2.45, 2.75) is 33.6 Å². The van der Waals surface area contributed by atoms with Crippen LogP contribution < -0.4 is 11.5 Å². The molecule has 0 bridgehead atoms. The van der Waals surface area contributed by atoms with E-state index < -0.39 is 0 Å². The van der Waals surface area contributed by atoms with Gasteiger partial charge in [0, 0.05) is 0 Å². The van der Waals surface area contributed by atoms with Gasteiger partial charge in [-0.15, -0.1) is 0 Å². The number of rotatable bonds is 1. The second kappa shape index (κ2) is 36.4. The zero-order valence-electron chi connectivity index (χ0n) is 7.69. The first-order valence-corrected chi connectivity index (χ1v) is 3.94. The summed E-state index contributed by atoms with van der Waals surface area (Å²) in [6, 6.07) is 0. The molecule has 0 saturated heterocycles. The molecule has 0 aromatic rings. The highest BCUT2D eigenvalue weighted by Gasteiger charge is 1.56. The largest absolute Gasteiger partial charge is 0.331 e. The highest BCUT2D eigenvalue weighted by Crippen LogP contribution is 1.75. The average molecular weight is 147 g/mol. The van der Waals surface area contributed by atoms with Gasteiger partial charge in [-0.25, -0.2) is 0 Å². The normalized spacial score (nSPS) is 6.60. The van der Waals surface area contributed by atoms with E-state index in [0.717, 1.165) is 19.5 Å². The molecule has 0 aliphatic carbocycles. The van der Waals surface area contributed by atoms with Crippen molar-refractivity contribution in [1.82, 2.24) is 0 Å². The van der Waals surface area contributed by atoms with Crippen LogP contribution in [0.25, 0.3) is 0 Å². The van der Waals surface area contributed by atoms with E-state index in [2.05, 4.69) is 13.8 Å². The lowest BCUT2D eigenvalue weighted by atomic mass is 10.4. The molecule has 0 aromatic carbocycles. The molecule has 0 saturated carbocycles. The summed E-state index contributed by atoms with van der Waals surface area (Å²) in [5.74, 6) is 0. The van der Waals surface area contributed by atoms with Crippen LogP contribution in [0.1, 0.15) is 33.6 Å². The first kappa shape index (κ1) is 16.5. The van der Waals surface area contributed by atoms with Gasteiger partial charge in [0.1, 0.15) is 0 Å². The Balaban J connectivity index is -0.0000000750. The lowest BCUT2D eigenvalue weighted by Crippen LogP contribution is -1.87. The Morgan fingerprint density at radius 3 is 1.10 bits per heavy atom. The first-order valence-electron chi connectivity index (χ1n) is 3.94. The van der Waals surface area contributed by atoms with Crippen molar-refractivity contribution in [2.24, 2.45) is 11.5 Å². The van der Waals surface area contributed by atoms with Crippen LogP contribution in [-0.4, -0.2) is 13.1 Å². The van der Waals surface area contributed by atoms with E-state index in [1.54, 1.807) is 0 Å². The van der Waals surface area contributed by atoms with Crippen LogP contribution in [0.4, 0.5) is 0 Å². The van der Waals surface area contributed by atoms with Crippen molar-refractivity contribution >= 4 is 0 Å². The van der Waals surface area contributed by atoms with Gasteiger partial charge < -0.3 is 11.5 Å². The predicted octanol–water partition coefficient (Wildman–Crippen LogP) is 1.55. The monoisotopic (exact) mass is 147 g/mol. The van der Waals surface area contributed by atoms with Crippen molar-refractivity contribution < 1.29 is 0 Å². The topological polar surface area (TPSA) is 52.0 Å². The third-order valence-electron chi connectivity index (χ3n) is 0.354. The van der Waals surface area contributed by atoms with Crippen molar-refractivity contribution in [2.75, 3.05) is 13.1 Å². The van der Waals surface area contributed by atoms with E-state index in [9.17, 15) is 0 Å². The maximum atomic E-state index is 4.85. The Hall–Kier alpha value is -0.0800. The van der Waals surface area contributed by atoms with Gasteiger partial charge in [-0.3, -0.25) is 0 Å². The molecule has 0 aromatic heterocycles. The molecular weight excluding hydrogens is 124 g/mol. The number of nitrogens with two attached hydrogens (primary N) is 2. The Morgan fingerprint density at radius 1 is 1.00 bits per heavy atom. The van der Waals surface area contributed by atoms with Gasteiger partial charge in [-0.2, -0.15) is 0 Å². The van der Waals surface area contributed by atoms with Crippen LogP contribution in [0.3, 0.4) is 0 Å². The molecule has 0 amide bonds. The van der Waals surface area contributed by atoms with Gasteiger partial charge in [0.15, 0.2) is 0 Å². The van der Waals surface area contributed by atoms with Crippen molar-refractivity contribution in [3.8, 4) is 0 Å². The maximum absolute atomic E-state index is 4.85. The van der Waals surface area contributed by atoms with E-state index in [-0.39, 0.29) is 0 Å². The van der Waals surface area contributed by atoms with Crippen molar-refractivity contribution in [1.29, 1.82) is 0 Å². The lowest BCUT2D eigenvalue weighted by molar-refractivity contribution is 0.956. The van der Waals surface area contributed by atoms with Crippen LogP contribution >= 0.6 is 0 Å². The summed E-state index contributed by atoms with van der Waals surface area (Å²) in [4.78, 5) is 0. The molecular formula is C8H23N2. The molecule has 1 radical (unpaired) electrons. The van der Waals surface area contributed by atoms with E-state index in [1.165, 1.54) is 6.42 Å². The van der Waals surface area contributed by atoms with Crippen LogP contribution in [0, 0.1) is 6.92 Å². The summed E-state index contributed by atoms with van der Waals surface area (Å²) >= 11 is 0. The fourth-order valence-corrected chi connectivity index (χ4v) is 0. The van der Waals surface area contributed by atoms with E-state index >= 15 is 0 Å². The molecule has 0 aliphatic rings. The molecule has 0 fully saturated rings. The number of hydrogen-bond acceptors (Lipinski definition) is 2. The molecule has 4 N–H and O–H groups in total. The molecule has 0 heterocycles. The van der Waals surface area contributed by atoms with Gasteiger partial charge in [0.2, 0.25) is 0 Å². The highest BCUT2D eigenvalue weighted by atomic mass is 14.5. The Morgan fingerprint density at radius 2 is 1.10 bits per heavy atom. The quantitative estimate of drug-likeness (QED) is 0.591. The van der Waals surface area contributed by atoms with Crippen LogP contribution in [0.5, 0.6) is 0 Å². The summed E-state index contributed by atoms with van der Waals surface area (Å²) in [6.45, 7) is 11.0. The average Bonchev–Trinajstić information content (AvgIpc) is 1.91. The minimum absolute atomic E-state index is 0.750. The van der Waals surface area contributed by atoms with E-state index in [4.69, 9.17) is 11.5 Å². The SMILES string of the molecule is CCN.CCN.[CH2]CCC. The Kier molecular flexibility index (Phi) is 60.0. The third kappa shape index (κ3) is 448. The molecule has 2 nitrogen and oxygen atoms in total. The molecule has 10 heavy (non-hydrogen) atoms. The predicted molar refractivity (Wildman–Crippen MR) is 49.7 cm³/mol. The molecule has 0 aliphatic heterocycles. The third-order valence-corrected chi connectivity index (χ3v) is 0.354. The van der Waals surface area contributed by atoms with Crippen LogP contribution in [0.15, 0.2) is 0 Å². The summed E-state index contributed by atoms with van der Waals surface area (Å²) in [5.41, 5.74) is 9.69. The fourth-order valence-electron chi connectivity index (χ4n) is 0.